The first-order chi connectivity index (χ1) is 7.08. The van der Waals surface area contributed by atoms with Gasteiger partial charge in [-0.2, -0.15) is 0 Å². The molecule has 0 radical (unpaired) electrons. The predicted octanol–water partition coefficient (Wildman–Crippen LogP) is 3.30. The quantitative estimate of drug-likeness (QED) is 0.862. The molecule has 1 aromatic carbocycles. The van der Waals surface area contributed by atoms with Crippen LogP contribution in [-0.2, 0) is 0 Å². The van der Waals surface area contributed by atoms with Crippen LogP contribution in [0.25, 0.3) is 11.3 Å². The van der Waals surface area contributed by atoms with Gasteiger partial charge in [0.05, 0.1) is 0 Å². The Morgan fingerprint density at radius 3 is 2.53 bits per heavy atom. The molecule has 2 N–H and O–H groups in total. The van der Waals surface area contributed by atoms with Crippen LogP contribution in [-0.4, -0.2) is 5.16 Å². The lowest BCUT2D eigenvalue weighted by atomic mass is 10.0. The van der Waals surface area contributed by atoms with E-state index in [2.05, 4.69) is 41.0 Å². The summed E-state index contributed by atoms with van der Waals surface area (Å²) in [7, 11) is 0. The number of nitrogens with two attached hydrogens (primary N) is 1. The van der Waals surface area contributed by atoms with Crippen molar-refractivity contribution >= 4 is 21.8 Å². The molecule has 2 aromatic rings. The first-order valence-electron chi connectivity index (χ1n) is 4.57. The van der Waals surface area contributed by atoms with Crippen molar-refractivity contribution in [3.05, 3.63) is 33.8 Å². The van der Waals surface area contributed by atoms with Crippen LogP contribution in [0.3, 0.4) is 0 Å². The van der Waals surface area contributed by atoms with Crippen molar-refractivity contribution in [3.8, 4) is 11.3 Å². The van der Waals surface area contributed by atoms with E-state index in [1.165, 1.54) is 11.1 Å². The summed E-state index contributed by atoms with van der Waals surface area (Å²) in [5.41, 5.74) is 9.69. The number of aryl methyl sites for hydroxylation is 1. The van der Waals surface area contributed by atoms with Crippen LogP contribution in [0.2, 0.25) is 0 Å². The minimum absolute atomic E-state index is 0.333. The molecule has 3 nitrogen and oxygen atoms in total. The molecule has 15 heavy (non-hydrogen) atoms. The second-order valence-corrected chi connectivity index (χ2v) is 4.37. The van der Waals surface area contributed by atoms with Gasteiger partial charge in [0.1, 0.15) is 5.69 Å². The van der Waals surface area contributed by atoms with E-state index in [1.54, 1.807) is 6.07 Å². The molecule has 0 fully saturated rings. The number of aromatic nitrogens is 1. The summed E-state index contributed by atoms with van der Waals surface area (Å²) in [5, 5.41) is 3.88. The van der Waals surface area contributed by atoms with Gasteiger partial charge in [-0.3, -0.25) is 0 Å². The first-order valence-corrected chi connectivity index (χ1v) is 5.36. The summed E-state index contributed by atoms with van der Waals surface area (Å²) in [6.45, 7) is 4.13. The molecule has 0 amide bonds. The van der Waals surface area contributed by atoms with E-state index < -0.39 is 0 Å². The zero-order valence-corrected chi connectivity index (χ0v) is 10.1. The van der Waals surface area contributed by atoms with Crippen LogP contribution in [0.15, 0.2) is 27.2 Å². The Bertz CT molecular complexity index is 482. The van der Waals surface area contributed by atoms with E-state index in [0.29, 0.717) is 5.88 Å². The highest BCUT2D eigenvalue weighted by atomic mass is 79.9. The van der Waals surface area contributed by atoms with Crippen molar-refractivity contribution in [2.75, 3.05) is 5.73 Å². The van der Waals surface area contributed by atoms with Crippen LogP contribution in [0.4, 0.5) is 5.88 Å². The molecular weight excluding hydrogens is 256 g/mol. The fourth-order valence-electron chi connectivity index (χ4n) is 1.39. The standard InChI is InChI=1S/C11H11BrN2O/c1-6-3-8(4-9(12)7(6)2)10-5-11(13)15-14-10/h3-5H,13H2,1-2H3. The van der Waals surface area contributed by atoms with E-state index in [-0.39, 0.29) is 0 Å². The van der Waals surface area contributed by atoms with E-state index in [0.717, 1.165) is 15.7 Å². The third-order valence-electron chi connectivity index (χ3n) is 2.43. The van der Waals surface area contributed by atoms with Crippen LogP contribution in [0.5, 0.6) is 0 Å². The Kier molecular flexibility index (Phi) is 2.52. The minimum atomic E-state index is 0.333. The normalized spacial score (nSPS) is 10.6. The largest absolute Gasteiger partial charge is 0.368 e. The number of rotatable bonds is 1. The van der Waals surface area contributed by atoms with Gasteiger partial charge in [-0.05, 0) is 37.1 Å². The highest BCUT2D eigenvalue weighted by Gasteiger charge is 2.07. The third-order valence-corrected chi connectivity index (χ3v) is 3.25. The smallest absolute Gasteiger partial charge is 0.222 e. The molecule has 78 valence electrons. The van der Waals surface area contributed by atoms with Gasteiger partial charge < -0.3 is 10.3 Å². The molecule has 0 aliphatic carbocycles. The predicted molar refractivity (Wildman–Crippen MR) is 63.5 cm³/mol. The summed E-state index contributed by atoms with van der Waals surface area (Å²) in [6, 6.07) is 5.80. The summed E-state index contributed by atoms with van der Waals surface area (Å²) in [6.07, 6.45) is 0. The maximum atomic E-state index is 5.48. The van der Waals surface area contributed by atoms with Gasteiger partial charge >= 0.3 is 0 Å². The molecule has 0 aliphatic heterocycles. The molecule has 0 unspecified atom stereocenters. The van der Waals surface area contributed by atoms with Gasteiger partial charge in [-0.15, -0.1) is 0 Å². The van der Waals surface area contributed by atoms with Crippen molar-refractivity contribution in [3.63, 3.8) is 0 Å². The molecule has 0 saturated carbocycles. The molecule has 0 bridgehead atoms. The Morgan fingerprint density at radius 1 is 1.27 bits per heavy atom. The number of benzene rings is 1. The van der Waals surface area contributed by atoms with Gasteiger partial charge in [-0.25, -0.2) is 0 Å². The van der Waals surface area contributed by atoms with Crippen molar-refractivity contribution in [2.45, 2.75) is 13.8 Å². The zero-order chi connectivity index (χ0) is 11.0. The number of nitrogen functional groups attached to an aromatic ring is 1. The van der Waals surface area contributed by atoms with Crippen LogP contribution >= 0.6 is 15.9 Å². The maximum Gasteiger partial charge on any atom is 0.222 e. The Morgan fingerprint density at radius 2 is 2.00 bits per heavy atom. The minimum Gasteiger partial charge on any atom is -0.368 e. The van der Waals surface area contributed by atoms with Crippen LogP contribution in [0, 0.1) is 13.8 Å². The van der Waals surface area contributed by atoms with Crippen LogP contribution in [0.1, 0.15) is 11.1 Å². The highest BCUT2D eigenvalue weighted by molar-refractivity contribution is 9.10. The average Bonchev–Trinajstić information content (AvgIpc) is 2.60. The first kappa shape index (κ1) is 10.2. The third kappa shape index (κ3) is 1.90. The van der Waals surface area contributed by atoms with Gasteiger partial charge in [-0.1, -0.05) is 21.1 Å². The Labute approximate surface area is 96.4 Å². The lowest BCUT2D eigenvalue weighted by Gasteiger charge is -2.05. The fourth-order valence-corrected chi connectivity index (χ4v) is 1.95. The lowest BCUT2D eigenvalue weighted by molar-refractivity contribution is 0.439. The molecule has 0 aliphatic rings. The SMILES string of the molecule is Cc1cc(-c2cc(N)on2)cc(Br)c1C. The second kappa shape index (κ2) is 3.70. The molecule has 1 heterocycles. The lowest BCUT2D eigenvalue weighted by Crippen LogP contribution is -1.86. The summed E-state index contributed by atoms with van der Waals surface area (Å²) >= 11 is 3.51. The summed E-state index contributed by atoms with van der Waals surface area (Å²) in [4.78, 5) is 0. The van der Waals surface area contributed by atoms with Crippen molar-refractivity contribution in [1.82, 2.24) is 5.16 Å². The molecule has 2 rings (SSSR count). The number of hydrogen-bond acceptors (Lipinski definition) is 3. The Balaban J connectivity index is 2.55. The monoisotopic (exact) mass is 266 g/mol. The van der Waals surface area contributed by atoms with Gasteiger partial charge in [0.15, 0.2) is 0 Å². The number of hydrogen-bond donors (Lipinski definition) is 1. The van der Waals surface area contributed by atoms with Crippen molar-refractivity contribution in [1.29, 1.82) is 0 Å². The topological polar surface area (TPSA) is 52.0 Å². The number of nitrogens with zero attached hydrogens (tertiary/aromatic N) is 1. The van der Waals surface area contributed by atoms with Crippen molar-refractivity contribution in [2.24, 2.45) is 0 Å². The number of anilines is 1. The Hall–Kier alpha value is -1.29. The molecule has 1 aromatic heterocycles. The van der Waals surface area contributed by atoms with E-state index in [9.17, 15) is 0 Å². The molecule has 0 spiro atoms. The maximum absolute atomic E-state index is 5.48. The number of halogens is 1. The van der Waals surface area contributed by atoms with Gasteiger partial charge in [0.2, 0.25) is 5.88 Å². The van der Waals surface area contributed by atoms with E-state index in [1.807, 2.05) is 6.07 Å². The highest BCUT2D eigenvalue weighted by Crippen LogP contribution is 2.28. The average molecular weight is 267 g/mol. The summed E-state index contributed by atoms with van der Waals surface area (Å²) in [5.74, 6) is 0.333. The van der Waals surface area contributed by atoms with Gasteiger partial charge in [0.25, 0.3) is 0 Å². The second-order valence-electron chi connectivity index (χ2n) is 3.51. The molecule has 0 atom stereocenters. The molecular formula is C11H11BrN2O. The van der Waals surface area contributed by atoms with E-state index >= 15 is 0 Å². The van der Waals surface area contributed by atoms with Crippen molar-refractivity contribution < 1.29 is 4.52 Å². The fraction of sp³-hybridized carbons (Fsp3) is 0.182. The molecule has 4 heteroatoms. The summed E-state index contributed by atoms with van der Waals surface area (Å²) < 4.78 is 5.91. The molecule has 0 saturated heterocycles. The van der Waals surface area contributed by atoms with Gasteiger partial charge in [0, 0.05) is 16.1 Å². The van der Waals surface area contributed by atoms with Crippen LogP contribution < -0.4 is 5.73 Å². The van der Waals surface area contributed by atoms with E-state index in [4.69, 9.17) is 10.3 Å². The zero-order valence-electron chi connectivity index (χ0n) is 8.54.